The van der Waals surface area contributed by atoms with Crippen LogP contribution in [-0.2, 0) is 0 Å². The third-order valence-corrected chi connectivity index (χ3v) is 1.05. The number of rotatable bonds is 0. The van der Waals surface area contributed by atoms with Crippen molar-refractivity contribution in [1.29, 1.82) is 0 Å². The second-order valence-corrected chi connectivity index (χ2v) is 2.19. The monoisotopic (exact) mass is 174 g/mol. The molecule has 0 atom stereocenters. The van der Waals surface area contributed by atoms with E-state index in [0.717, 1.165) is 0 Å². The van der Waals surface area contributed by atoms with Crippen molar-refractivity contribution >= 4 is 15.9 Å². The minimum absolute atomic E-state index is 0.00296. The van der Waals surface area contributed by atoms with Crippen LogP contribution < -0.4 is 0 Å². The van der Waals surface area contributed by atoms with Crippen LogP contribution in [0.25, 0.3) is 0 Å². The summed E-state index contributed by atoms with van der Waals surface area (Å²) in [6, 6.07) is 0.176. The van der Waals surface area contributed by atoms with Crippen molar-refractivity contribution < 1.29 is 4.11 Å². The molecule has 0 amide bonds. The Bertz CT molecular complexity index is 274. The number of hydrogen-bond donors (Lipinski definition) is 0. The average Bonchev–Trinajstić information content (AvgIpc) is 1.97. The highest BCUT2D eigenvalue weighted by atomic mass is 79.9. The van der Waals surface area contributed by atoms with E-state index in [1.54, 1.807) is 6.92 Å². The average molecular weight is 175 g/mol. The van der Waals surface area contributed by atoms with E-state index in [0.29, 0.717) is 10.0 Å². The molecule has 0 bridgehead atoms. The summed E-state index contributed by atoms with van der Waals surface area (Å²) in [5.74, 6) is 0. The molecular weight excluding hydrogens is 166 g/mol. The molecule has 0 aliphatic rings. The Balaban J connectivity index is 3.46. The van der Waals surface area contributed by atoms with Gasteiger partial charge in [0.2, 0.25) is 0 Å². The Hall–Kier alpha value is -0.370. The van der Waals surface area contributed by atoms with Crippen molar-refractivity contribution in [3.63, 3.8) is 0 Å². The smallest absolute Gasteiger partial charge is 0.0852 e. The van der Waals surface area contributed by atoms with Gasteiger partial charge in [-0.25, -0.2) is 0 Å². The standard InChI is InChI=1S/C6H6BrN/c1-5-2-6(7)4-8-3-5/h2-4H,1H3/i2D,3D,4D. The van der Waals surface area contributed by atoms with Crippen LogP contribution in [0, 0.1) is 6.92 Å². The van der Waals surface area contributed by atoms with Gasteiger partial charge in [0.1, 0.15) is 0 Å². The fraction of sp³-hybridized carbons (Fsp3) is 0.167. The van der Waals surface area contributed by atoms with E-state index in [9.17, 15) is 0 Å². The van der Waals surface area contributed by atoms with E-state index in [4.69, 9.17) is 4.11 Å². The Morgan fingerprint density at radius 3 is 3.25 bits per heavy atom. The van der Waals surface area contributed by atoms with Gasteiger partial charge in [-0.1, -0.05) is 0 Å². The Morgan fingerprint density at radius 2 is 2.50 bits per heavy atom. The predicted octanol–water partition coefficient (Wildman–Crippen LogP) is 2.15. The molecule has 0 aromatic carbocycles. The van der Waals surface area contributed by atoms with E-state index in [-0.39, 0.29) is 18.4 Å². The SMILES string of the molecule is [2H]c1nc([2H])c(Br)c([2H])c1C. The van der Waals surface area contributed by atoms with Crippen LogP contribution in [0.3, 0.4) is 0 Å². The first-order valence-electron chi connectivity index (χ1n) is 3.64. The molecule has 0 N–H and O–H groups in total. The number of nitrogens with zero attached hydrogens (tertiary/aromatic N) is 1. The van der Waals surface area contributed by atoms with Crippen molar-refractivity contribution in [2.75, 3.05) is 0 Å². The maximum atomic E-state index is 7.40. The van der Waals surface area contributed by atoms with Crippen LogP contribution in [-0.4, -0.2) is 4.98 Å². The lowest BCUT2D eigenvalue weighted by Gasteiger charge is -1.88. The Morgan fingerprint density at radius 1 is 1.75 bits per heavy atom. The molecule has 1 rings (SSSR count). The van der Waals surface area contributed by atoms with Gasteiger partial charge < -0.3 is 0 Å². The highest BCUT2D eigenvalue weighted by Crippen LogP contribution is 2.07. The Labute approximate surface area is 61.1 Å². The molecule has 42 valence electrons. The highest BCUT2D eigenvalue weighted by Gasteiger charge is 1.83. The van der Waals surface area contributed by atoms with Gasteiger partial charge in [-0.3, -0.25) is 4.98 Å². The van der Waals surface area contributed by atoms with E-state index in [2.05, 4.69) is 20.9 Å². The summed E-state index contributed by atoms with van der Waals surface area (Å²) in [7, 11) is 0. The van der Waals surface area contributed by atoms with Crippen LogP contribution in [0.1, 0.15) is 9.68 Å². The number of halogens is 1. The van der Waals surface area contributed by atoms with Gasteiger partial charge >= 0.3 is 0 Å². The number of hydrogen-bond acceptors (Lipinski definition) is 1. The third kappa shape index (κ3) is 1.30. The molecule has 1 heterocycles. The van der Waals surface area contributed by atoms with Crippen LogP contribution in [0.4, 0.5) is 0 Å². The van der Waals surface area contributed by atoms with Crippen LogP contribution in [0.2, 0.25) is 0 Å². The summed E-state index contributed by atoms with van der Waals surface area (Å²) in [4.78, 5) is 3.60. The van der Waals surface area contributed by atoms with Gasteiger partial charge in [0, 0.05) is 16.8 Å². The predicted molar refractivity (Wildman–Crippen MR) is 36.7 cm³/mol. The fourth-order valence-electron chi connectivity index (χ4n) is 0.381. The summed E-state index contributed by atoms with van der Waals surface area (Å²) >= 11 is 3.04. The van der Waals surface area contributed by atoms with Crippen molar-refractivity contribution in [1.82, 2.24) is 4.98 Å². The molecule has 0 saturated carbocycles. The Kier molecular flexibility index (Phi) is 0.841. The molecule has 0 fully saturated rings. The third-order valence-electron chi connectivity index (χ3n) is 0.675. The lowest BCUT2D eigenvalue weighted by atomic mass is 10.3. The second-order valence-electron chi connectivity index (χ2n) is 1.40. The maximum absolute atomic E-state index is 7.40. The quantitative estimate of drug-likeness (QED) is 0.588. The molecule has 2 heteroatoms. The van der Waals surface area contributed by atoms with Gasteiger partial charge in [-0.2, -0.15) is 0 Å². The first-order valence-corrected chi connectivity index (χ1v) is 2.93. The first-order chi connectivity index (χ1) is 5.04. The van der Waals surface area contributed by atoms with E-state index < -0.39 is 0 Å². The van der Waals surface area contributed by atoms with Gasteiger partial charge in [-0.15, -0.1) is 0 Å². The minimum atomic E-state index is -0.0504. The van der Waals surface area contributed by atoms with Crippen molar-refractivity contribution in [3.8, 4) is 0 Å². The summed E-state index contributed by atoms with van der Waals surface area (Å²) in [6.45, 7) is 1.64. The van der Waals surface area contributed by atoms with E-state index in [1.165, 1.54) is 0 Å². The second kappa shape index (κ2) is 2.27. The van der Waals surface area contributed by atoms with Gasteiger partial charge in [0.15, 0.2) is 0 Å². The molecule has 0 aliphatic heterocycles. The van der Waals surface area contributed by atoms with Crippen LogP contribution >= 0.6 is 15.9 Å². The molecular formula is C6H6BrN. The molecule has 0 unspecified atom stereocenters. The van der Waals surface area contributed by atoms with E-state index >= 15 is 0 Å². The van der Waals surface area contributed by atoms with Crippen molar-refractivity contribution in [2.24, 2.45) is 0 Å². The zero-order chi connectivity index (χ0) is 8.59. The summed E-state index contributed by atoms with van der Waals surface area (Å²) < 4.78 is 22.2. The summed E-state index contributed by atoms with van der Waals surface area (Å²) in [6.07, 6.45) is -0.0474. The lowest BCUT2D eigenvalue weighted by Crippen LogP contribution is -1.73. The van der Waals surface area contributed by atoms with Crippen LogP contribution in [0.15, 0.2) is 22.9 Å². The zero-order valence-corrected chi connectivity index (χ0v) is 5.91. The largest absolute Gasteiger partial charge is 0.263 e. The van der Waals surface area contributed by atoms with Crippen molar-refractivity contribution in [2.45, 2.75) is 6.92 Å². The van der Waals surface area contributed by atoms with Crippen LogP contribution in [0.5, 0.6) is 0 Å². The molecule has 0 saturated heterocycles. The molecule has 0 spiro atoms. The molecule has 1 aromatic rings. The van der Waals surface area contributed by atoms with Gasteiger partial charge in [-0.05, 0) is 34.5 Å². The summed E-state index contributed by atoms with van der Waals surface area (Å²) in [5, 5.41) is 0. The first kappa shape index (κ1) is 2.97. The van der Waals surface area contributed by atoms with Gasteiger partial charge in [0.05, 0.1) is 4.11 Å². The molecule has 1 aromatic heterocycles. The van der Waals surface area contributed by atoms with E-state index in [1.807, 2.05) is 0 Å². The fourth-order valence-corrected chi connectivity index (χ4v) is 0.767. The molecule has 1 nitrogen and oxygen atoms in total. The molecule has 0 radical (unpaired) electrons. The topological polar surface area (TPSA) is 12.9 Å². The van der Waals surface area contributed by atoms with Gasteiger partial charge in [0.25, 0.3) is 0 Å². The number of pyridine rings is 1. The highest BCUT2D eigenvalue weighted by molar-refractivity contribution is 9.10. The normalized spacial score (nSPS) is 14.5. The maximum Gasteiger partial charge on any atom is 0.0852 e. The minimum Gasteiger partial charge on any atom is -0.263 e. The zero-order valence-electron chi connectivity index (χ0n) is 7.33. The molecule has 0 aliphatic carbocycles. The molecule has 8 heavy (non-hydrogen) atoms. The number of aromatic nitrogens is 1. The lowest BCUT2D eigenvalue weighted by molar-refractivity contribution is 1.25. The van der Waals surface area contributed by atoms with Crippen molar-refractivity contribution in [3.05, 3.63) is 28.4 Å². The summed E-state index contributed by atoms with van der Waals surface area (Å²) in [5.41, 5.74) is 0.493.